The van der Waals surface area contributed by atoms with E-state index in [0.29, 0.717) is 25.1 Å². The van der Waals surface area contributed by atoms with Gasteiger partial charge in [0.05, 0.1) is 12.3 Å². The summed E-state index contributed by atoms with van der Waals surface area (Å²) in [7, 11) is 0. The summed E-state index contributed by atoms with van der Waals surface area (Å²) in [6.45, 7) is 6.01. The summed E-state index contributed by atoms with van der Waals surface area (Å²) >= 11 is 1.13. The van der Waals surface area contributed by atoms with E-state index in [9.17, 15) is 14.4 Å². The van der Waals surface area contributed by atoms with E-state index in [1.807, 2.05) is 0 Å². The minimum absolute atomic E-state index is 0.0524. The second-order valence-electron chi connectivity index (χ2n) is 5.68. The van der Waals surface area contributed by atoms with Crippen LogP contribution in [0.15, 0.2) is 17.8 Å². The molecule has 9 heteroatoms. The highest BCUT2D eigenvalue weighted by Gasteiger charge is 2.43. The smallest absolute Gasteiger partial charge is 0.410 e. The van der Waals surface area contributed by atoms with Gasteiger partial charge in [0.1, 0.15) is 12.6 Å². The number of likely N-dealkylation sites (tertiary alicyclic amines) is 2. The molecule has 0 spiro atoms. The number of amides is 2. The molecule has 2 heterocycles. The Balaban J connectivity index is 2.10. The number of ether oxygens (including phenoxy) is 1. The van der Waals surface area contributed by atoms with E-state index in [0.717, 1.165) is 11.8 Å². The first-order chi connectivity index (χ1) is 11.5. The Morgan fingerprint density at radius 3 is 2.83 bits per heavy atom. The van der Waals surface area contributed by atoms with Crippen molar-refractivity contribution >= 4 is 34.6 Å². The lowest BCUT2D eigenvalue weighted by Crippen LogP contribution is -2.47. The molecule has 2 amide bonds. The average Bonchev–Trinajstić information content (AvgIpc) is 3.18. The number of carbonyl (C=O) groups excluding carboxylic acids is 3. The quantitative estimate of drug-likeness (QED) is 0.460. The lowest BCUT2D eigenvalue weighted by Gasteiger charge is -2.26. The maximum absolute atomic E-state index is 12.8. The molecule has 0 bridgehead atoms. The van der Waals surface area contributed by atoms with Crippen LogP contribution in [0.1, 0.15) is 19.8 Å². The molecule has 2 fully saturated rings. The topological polar surface area (TPSA) is 99.5 Å². The first-order valence-electron chi connectivity index (χ1n) is 7.66. The second kappa shape index (κ2) is 8.18. The van der Waals surface area contributed by atoms with Crippen molar-refractivity contribution in [3.05, 3.63) is 12.7 Å². The molecule has 2 rings (SSSR count). The number of hydrogen-bond donors (Lipinski definition) is 1. The highest BCUT2D eigenvalue weighted by molar-refractivity contribution is 8.14. The zero-order chi connectivity index (χ0) is 17.7. The average molecular weight is 355 g/mol. The van der Waals surface area contributed by atoms with E-state index in [1.54, 1.807) is 4.90 Å². The first kappa shape index (κ1) is 18.3. The summed E-state index contributed by atoms with van der Waals surface area (Å²) in [6, 6.07) is -0.669. The van der Waals surface area contributed by atoms with Crippen LogP contribution in [-0.2, 0) is 14.3 Å². The van der Waals surface area contributed by atoms with Crippen LogP contribution < -0.4 is 0 Å². The molecule has 2 saturated heterocycles. The molecule has 0 radical (unpaired) electrons. The third kappa shape index (κ3) is 4.28. The second-order valence-corrected chi connectivity index (χ2v) is 7.15. The molecule has 0 saturated carbocycles. The van der Waals surface area contributed by atoms with E-state index < -0.39 is 12.1 Å². The summed E-state index contributed by atoms with van der Waals surface area (Å²) in [5.41, 5.74) is 0.539. The van der Waals surface area contributed by atoms with Gasteiger partial charge in [-0.25, -0.2) is 4.79 Å². The van der Waals surface area contributed by atoms with Crippen molar-refractivity contribution in [2.45, 2.75) is 31.1 Å². The molecule has 132 valence electrons. The van der Waals surface area contributed by atoms with Gasteiger partial charge in [0.25, 0.3) is 0 Å². The van der Waals surface area contributed by atoms with Crippen LogP contribution in [0.5, 0.6) is 0 Å². The summed E-state index contributed by atoms with van der Waals surface area (Å²) in [4.78, 5) is 39.2. The third-order valence-corrected chi connectivity index (χ3v) is 4.94. The van der Waals surface area contributed by atoms with Crippen LogP contribution in [0.2, 0.25) is 0 Å². The minimum atomic E-state index is -0.669. The fourth-order valence-corrected chi connectivity index (χ4v) is 3.87. The Bertz CT molecular complexity index is 565. The molecule has 24 heavy (non-hydrogen) atoms. The van der Waals surface area contributed by atoms with Crippen molar-refractivity contribution in [3.8, 4) is 0 Å². The molecule has 1 N–H and O–H groups in total. The standard InChI is InChI=1S/C15H21N3O5S/c1-3-6-23-15(21)18-9-12(24-10(2)19)7-13(18)14(20)17-5-4-11(8-17)16-22/h3,12-13,22H,1,4-9H2,2H3/t12-,13-/m0/s1. The third-order valence-electron chi connectivity index (χ3n) is 3.94. The first-order valence-corrected chi connectivity index (χ1v) is 8.54. The fraction of sp³-hybridized carbons (Fsp3) is 0.600. The van der Waals surface area contributed by atoms with E-state index in [1.165, 1.54) is 17.9 Å². The van der Waals surface area contributed by atoms with Gasteiger partial charge in [0, 0.05) is 31.7 Å². The van der Waals surface area contributed by atoms with Crippen molar-refractivity contribution in [2.24, 2.45) is 5.16 Å². The Morgan fingerprint density at radius 1 is 1.50 bits per heavy atom. The van der Waals surface area contributed by atoms with Gasteiger partial charge in [-0.3, -0.25) is 14.5 Å². The zero-order valence-corrected chi connectivity index (χ0v) is 14.3. The van der Waals surface area contributed by atoms with Crippen LogP contribution in [-0.4, -0.2) is 75.4 Å². The Hall–Kier alpha value is -2.03. The minimum Gasteiger partial charge on any atom is -0.445 e. The monoisotopic (exact) mass is 355 g/mol. The van der Waals surface area contributed by atoms with Crippen LogP contribution in [0.3, 0.4) is 0 Å². The maximum Gasteiger partial charge on any atom is 0.410 e. The van der Waals surface area contributed by atoms with E-state index in [2.05, 4.69) is 11.7 Å². The molecule has 8 nitrogen and oxygen atoms in total. The lowest BCUT2D eigenvalue weighted by molar-refractivity contribution is -0.134. The Labute approximate surface area is 144 Å². The van der Waals surface area contributed by atoms with Gasteiger partial charge in [-0.05, 0) is 6.42 Å². The Morgan fingerprint density at radius 2 is 2.25 bits per heavy atom. The predicted molar refractivity (Wildman–Crippen MR) is 89.1 cm³/mol. The summed E-state index contributed by atoms with van der Waals surface area (Å²) in [5, 5.41) is 11.8. The van der Waals surface area contributed by atoms with E-state index in [4.69, 9.17) is 9.94 Å². The van der Waals surface area contributed by atoms with Gasteiger partial charge in [-0.15, -0.1) is 0 Å². The van der Waals surface area contributed by atoms with Gasteiger partial charge in [0.2, 0.25) is 5.91 Å². The number of carbonyl (C=O) groups is 3. The van der Waals surface area contributed by atoms with Crippen molar-refractivity contribution in [3.63, 3.8) is 0 Å². The van der Waals surface area contributed by atoms with Crippen LogP contribution in [0.25, 0.3) is 0 Å². The summed E-state index contributed by atoms with van der Waals surface area (Å²) in [6.07, 6.45) is 1.78. The van der Waals surface area contributed by atoms with Crippen molar-refractivity contribution in [1.82, 2.24) is 9.80 Å². The lowest BCUT2D eigenvalue weighted by atomic mass is 10.2. The fourth-order valence-electron chi connectivity index (χ4n) is 2.89. The molecule has 0 aromatic carbocycles. The molecule has 2 atom stereocenters. The molecular weight excluding hydrogens is 334 g/mol. The zero-order valence-electron chi connectivity index (χ0n) is 13.5. The van der Waals surface area contributed by atoms with Crippen LogP contribution >= 0.6 is 11.8 Å². The molecule has 0 aromatic rings. The maximum atomic E-state index is 12.8. The summed E-state index contributed by atoms with van der Waals surface area (Å²) in [5.74, 6) is -0.212. The summed E-state index contributed by atoms with van der Waals surface area (Å²) < 4.78 is 5.05. The number of rotatable bonds is 4. The SMILES string of the molecule is C=CCOC(=O)N1C[C@@H](SC(C)=O)C[C@H]1C(=O)N1CCC(=NO)C1. The highest BCUT2D eigenvalue weighted by atomic mass is 32.2. The molecule has 0 aromatic heterocycles. The van der Waals surface area contributed by atoms with E-state index >= 15 is 0 Å². The van der Waals surface area contributed by atoms with Gasteiger partial charge >= 0.3 is 6.09 Å². The number of hydrogen-bond acceptors (Lipinski definition) is 7. The molecular formula is C15H21N3O5S. The van der Waals surface area contributed by atoms with Crippen LogP contribution in [0.4, 0.5) is 4.79 Å². The number of oxime groups is 1. The van der Waals surface area contributed by atoms with Gasteiger partial charge < -0.3 is 14.8 Å². The van der Waals surface area contributed by atoms with Crippen molar-refractivity contribution in [1.29, 1.82) is 0 Å². The van der Waals surface area contributed by atoms with Crippen LogP contribution in [0, 0.1) is 0 Å². The largest absolute Gasteiger partial charge is 0.445 e. The molecule has 0 unspecified atom stereocenters. The predicted octanol–water partition coefficient (Wildman–Crippen LogP) is 1.09. The van der Waals surface area contributed by atoms with Crippen molar-refractivity contribution in [2.75, 3.05) is 26.2 Å². The number of nitrogens with zero attached hydrogens (tertiary/aromatic N) is 3. The van der Waals surface area contributed by atoms with E-state index in [-0.39, 0.29) is 36.0 Å². The molecule has 2 aliphatic heterocycles. The van der Waals surface area contributed by atoms with Gasteiger partial charge in [0.15, 0.2) is 5.12 Å². The Kier molecular flexibility index (Phi) is 6.24. The normalized spacial score (nSPS) is 25.1. The van der Waals surface area contributed by atoms with Crippen molar-refractivity contribution < 1.29 is 24.3 Å². The molecule has 2 aliphatic rings. The number of thioether (sulfide) groups is 1. The van der Waals surface area contributed by atoms with Gasteiger partial charge in [-0.2, -0.15) is 0 Å². The van der Waals surface area contributed by atoms with Gasteiger partial charge in [-0.1, -0.05) is 29.6 Å². The highest BCUT2D eigenvalue weighted by Crippen LogP contribution is 2.30. The molecule has 0 aliphatic carbocycles.